The summed E-state index contributed by atoms with van der Waals surface area (Å²) in [5.41, 5.74) is 2.67. The number of methoxy groups -OCH3 is 1. The van der Waals surface area contributed by atoms with Crippen LogP contribution in [0.3, 0.4) is 0 Å². The molecule has 5 heteroatoms. The molecule has 0 atom stereocenters. The van der Waals surface area contributed by atoms with Gasteiger partial charge in [-0.2, -0.15) is 0 Å². The first-order chi connectivity index (χ1) is 12.8. The fourth-order valence-corrected chi connectivity index (χ4v) is 2.78. The zero-order valence-corrected chi connectivity index (χ0v) is 16.8. The Morgan fingerprint density at radius 2 is 1.67 bits per heavy atom. The summed E-state index contributed by atoms with van der Waals surface area (Å²) in [5, 5.41) is 2.90. The summed E-state index contributed by atoms with van der Waals surface area (Å²) in [4.78, 5) is 23.7. The molecule has 2 aromatic rings. The molecule has 0 radical (unpaired) electrons. The summed E-state index contributed by atoms with van der Waals surface area (Å²) in [6.45, 7) is 6.24. The van der Waals surface area contributed by atoms with Gasteiger partial charge in [0.1, 0.15) is 0 Å². The number of amides is 1. The molecule has 0 fully saturated rings. The van der Waals surface area contributed by atoms with Crippen molar-refractivity contribution in [2.75, 3.05) is 18.2 Å². The van der Waals surface area contributed by atoms with E-state index in [1.165, 1.54) is 7.11 Å². The van der Waals surface area contributed by atoms with E-state index in [1.807, 2.05) is 30.3 Å². The van der Waals surface area contributed by atoms with E-state index in [1.54, 1.807) is 30.0 Å². The number of thioether (sulfide) groups is 1. The van der Waals surface area contributed by atoms with Gasteiger partial charge in [-0.05, 0) is 36.4 Å². The Bertz CT molecular complexity index is 888. The average Bonchev–Trinajstić information content (AvgIpc) is 2.64. The highest BCUT2D eigenvalue weighted by atomic mass is 32.2. The molecule has 0 spiro atoms. The van der Waals surface area contributed by atoms with Gasteiger partial charge < -0.3 is 10.1 Å². The number of carbonyl (C=O) groups excluding carboxylic acids is 2. The maximum absolute atomic E-state index is 12.1. The van der Waals surface area contributed by atoms with Gasteiger partial charge in [-0.25, -0.2) is 4.79 Å². The maximum atomic E-state index is 12.1. The van der Waals surface area contributed by atoms with Crippen molar-refractivity contribution in [3.05, 3.63) is 65.2 Å². The van der Waals surface area contributed by atoms with Crippen LogP contribution in [0.4, 0.5) is 5.69 Å². The number of nitrogens with one attached hydrogen (secondary N) is 1. The van der Waals surface area contributed by atoms with Crippen LogP contribution < -0.4 is 5.32 Å². The summed E-state index contributed by atoms with van der Waals surface area (Å²) in [6.07, 6.45) is 0. The fraction of sp³-hybridized carbons (Fsp3) is 0.273. The predicted molar refractivity (Wildman–Crippen MR) is 111 cm³/mol. The number of anilines is 1. The van der Waals surface area contributed by atoms with Crippen molar-refractivity contribution in [3.8, 4) is 11.8 Å². The van der Waals surface area contributed by atoms with E-state index in [2.05, 4.69) is 37.9 Å². The highest BCUT2D eigenvalue weighted by molar-refractivity contribution is 8.01. The highest BCUT2D eigenvalue weighted by Crippen LogP contribution is 2.23. The molecule has 0 aliphatic heterocycles. The molecular formula is C22H23NO3S. The second-order valence-corrected chi connectivity index (χ2v) is 8.65. The van der Waals surface area contributed by atoms with E-state index in [4.69, 9.17) is 4.74 Å². The van der Waals surface area contributed by atoms with Gasteiger partial charge >= 0.3 is 5.97 Å². The summed E-state index contributed by atoms with van der Waals surface area (Å²) in [6, 6.07) is 14.4. The van der Waals surface area contributed by atoms with Gasteiger partial charge in [0.2, 0.25) is 5.91 Å². The number of benzene rings is 2. The van der Waals surface area contributed by atoms with Crippen LogP contribution in [0.1, 0.15) is 42.3 Å². The van der Waals surface area contributed by atoms with E-state index >= 15 is 0 Å². The molecule has 2 rings (SSSR count). The van der Waals surface area contributed by atoms with Gasteiger partial charge in [-0.3, -0.25) is 4.79 Å². The molecule has 1 N–H and O–H groups in total. The molecule has 0 saturated heterocycles. The van der Waals surface area contributed by atoms with E-state index in [-0.39, 0.29) is 10.7 Å². The first-order valence-electron chi connectivity index (χ1n) is 8.51. The summed E-state index contributed by atoms with van der Waals surface area (Å²) < 4.78 is 4.76. The van der Waals surface area contributed by atoms with Gasteiger partial charge in [0.15, 0.2) is 0 Å². The number of hydrogen-bond donors (Lipinski definition) is 1. The van der Waals surface area contributed by atoms with Gasteiger partial charge in [-0.15, -0.1) is 11.8 Å². The zero-order chi connectivity index (χ0) is 19.9. The molecule has 1 amide bonds. The SMILES string of the molecule is COC(=O)c1cccc(C#Cc2cccc(NC(=O)CSC(C)(C)C)c2)c1. The molecule has 140 valence electrons. The van der Waals surface area contributed by atoms with Crippen LogP contribution in [0, 0.1) is 11.8 Å². The quantitative estimate of drug-likeness (QED) is 0.632. The van der Waals surface area contributed by atoms with Crippen LogP contribution in [0.15, 0.2) is 48.5 Å². The van der Waals surface area contributed by atoms with Crippen molar-refractivity contribution in [2.45, 2.75) is 25.5 Å². The van der Waals surface area contributed by atoms with Crippen LogP contribution in [0.25, 0.3) is 0 Å². The van der Waals surface area contributed by atoms with Crippen molar-refractivity contribution in [1.29, 1.82) is 0 Å². The second-order valence-electron chi connectivity index (χ2n) is 6.85. The second kappa shape index (κ2) is 9.29. The molecule has 0 bridgehead atoms. The van der Waals surface area contributed by atoms with E-state index in [9.17, 15) is 9.59 Å². The lowest BCUT2D eigenvalue weighted by Crippen LogP contribution is -2.18. The smallest absolute Gasteiger partial charge is 0.337 e. The van der Waals surface area contributed by atoms with E-state index in [0.717, 1.165) is 5.56 Å². The Hall–Kier alpha value is -2.71. The largest absolute Gasteiger partial charge is 0.465 e. The first-order valence-corrected chi connectivity index (χ1v) is 9.50. The van der Waals surface area contributed by atoms with Crippen molar-refractivity contribution in [2.24, 2.45) is 0 Å². The maximum Gasteiger partial charge on any atom is 0.337 e. The minimum Gasteiger partial charge on any atom is -0.465 e. The lowest BCUT2D eigenvalue weighted by molar-refractivity contribution is -0.113. The number of hydrogen-bond acceptors (Lipinski definition) is 4. The van der Waals surface area contributed by atoms with Crippen LogP contribution in [-0.4, -0.2) is 29.5 Å². The van der Waals surface area contributed by atoms with Crippen molar-refractivity contribution < 1.29 is 14.3 Å². The third-order valence-corrected chi connectivity index (χ3v) is 4.69. The Morgan fingerprint density at radius 1 is 1.04 bits per heavy atom. The third kappa shape index (κ3) is 7.20. The summed E-state index contributed by atoms with van der Waals surface area (Å²) >= 11 is 1.60. The molecule has 0 aliphatic rings. The molecular weight excluding hydrogens is 358 g/mol. The lowest BCUT2D eigenvalue weighted by atomic mass is 10.1. The van der Waals surface area contributed by atoms with Crippen molar-refractivity contribution >= 4 is 29.3 Å². The van der Waals surface area contributed by atoms with Crippen LogP contribution >= 0.6 is 11.8 Å². The lowest BCUT2D eigenvalue weighted by Gasteiger charge is -2.17. The first kappa shape index (κ1) is 20.6. The van der Waals surface area contributed by atoms with E-state index in [0.29, 0.717) is 22.6 Å². The zero-order valence-electron chi connectivity index (χ0n) is 16.0. The minimum absolute atomic E-state index is 0.0363. The van der Waals surface area contributed by atoms with Crippen LogP contribution in [0.5, 0.6) is 0 Å². The number of rotatable bonds is 4. The summed E-state index contributed by atoms with van der Waals surface area (Å²) in [7, 11) is 1.35. The van der Waals surface area contributed by atoms with E-state index < -0.39 is 5.97 Å². The van der Waals surface area contributed by atoms with Crippen molar-refractivity contribution in [1.82, 2.24) is 0 Å². The average molecular weight is 381 g/mol. The van der Waals surface area contributed by atoms with Gasteiger partial charge in [0.25, 0.3) is 0 Å². The number of esters is 1. The highest BCUT2D eigenvalue weighted by Gasteiger charge is 2.13. The Labute approximate surface area is 164 Å². The number of carbonyl (C=O) groups is 2. The monoisotopic (exact) mass is 381 g/mol. The normalized spacial score (nSPS) is 10.5. The third-order valence-electron chi connectivity index (χ3n) is 3.42. The standard InChI is InChI=1S/C22H23NO3S/c1-22(2,3)27-15-20(24)23-19-10-6-8-17(14-19)12-11-16-7-5-9-18(13-16)21(25)26-4/h5-10,13-14H,15H2,1-4H3,(H,23,24). The Kier molecular flexibility index (Phi) is 7.09. The Morgan fingerprint density at radius 3 is 2.30 bits per heavy atom. The Balaban J connectivity index is 2.07. The number of ether oxygens (including phenoxy) is 1. The molecule has 0 aliphatic carbocycles. The molecule has 0 heterocycles. The molecule has 27 heavy (non-hydrogen) atoms. The topological polar surface area (TPSA) is 55.4 Å². The minimum atomic E-state index is -0.392. The van der Waals surface area contributed by atoms with Gasteiger partial charge in [0.05, 0.1) is 18.4 Å². The summed E-state index contributed by atoms with van der Waals surface area (Å²) in [5.74, 6) is 6.06. The van der Waals surface area contributed by atoms with Crippen molar-refractivity contribution in [3.63, 3.8) is 0 Å². The molecule has 0 saturated carbocycles. The van der Waals surface area contributed by atoms with Crippen LogP contribution in [0.2, 0.25) is 0 Å². The molecule has 0 unspecified atom stereocenters. The van der Waals surface area contributed by atoms with Gasteiger partial charge in [-0.1, -0.05) is 44.7 Å². The molecule has 4 nitrogen and oxygen atoms in total. The van der Waals surface area contributed by atoms with Crippen LogP contribution in [-0.2, 0) is 9.53 Å². The van der Waals surface area contributed by atoms with Gasteiger partial charge in [0, 0.05) is 21.6 Å². The molecule has 2 aromatic carbocycles. The fourth-order valence-electron chi connectivity index (χ4n) is 2.14. The molecule has 0 aromatic heterocycles. The predicted octanol–water partition coefficient (Wildman–Crippen LogP) is 4.34.